The number of halogens is 1. The Morgan fingerprint density at radius 3 is 2.88 bits per heavy atom. The molecule has 0 aliphatic carbocycles. The van der Waals surface area contributed by atoms with Gasteiger partial charge in [-0.3, -0.25) is 4.79 Å². The van der Waals surface area contributed by atoms with E-state index in [9.17, 15) is 4.79 Å². The Bertz CT molecular complexity index is 371. The standard InChI is InChI=1S/C11H15BrN2O2/c1-8(7-16-3)14(2)11(15)9-5-4-6-10(12)13-9/h4-6,8H,7H2,1-3H3. The zero-order valence-corrected chi connectivity index (χ0v) is 11.2. The van der Waals surface area contributed by atoms with Crippen LogP contribution in [0.2, 0.25) is 0 Å². The lowest BCUT2D eigenvalue weighted by atomic mass is 10.2. The maximum absolute atomic E-state index is 12.0. The van der Waals surface area contributed by atoms with E-state index in [0.717, 1.165) is 0 Å². The van der Waals surface area contributed by atoms with Gasteiger partial charge in [-0.15, -0.1) is 0 Å². The van der Waals surface area contributed by atoms with E-state index in [2.05, 4.69) is 20.9 Å². The molecule has 0 spiro atoms. The number of methoxy groups -OCH3 is 1. The molecule has 1 aromatic rings. The Morgan fingerprint density at radius 2 is 2.31 bits per heavy atom. The molecule has 1 aromatic heterocycles. The maximum Gasteiger partial charge on any atom is 0.272 e. The Labute approximate surface area is 104 Å². The van der Waals surface area contributed by atoms with Crippen LogP contribution in [0, 0.1) is 0 Å². The van der Waals surface area contributed by atoms with Crippen molar-refractivity contribution in [2.45, 2.75) is 13.0 Å². The van der Waals surface area contributed by atoms with Gasteiger partial charge >= 0.3 is 0 Å². The van der Waals surface area contributed by atoms with Crippen molar-refractivity contribution in [3.8, 4) is 0 Å². The second-order valence-corrected chi connectivity index (χ2v) is 4.38. The summed E-state index contributed by atoms with van der Waals surface area (Å²) in [6.45, 7) is 2.44. The van der Waals surface area contributed by atoms with E-state index >= 15 is 0 Å². The molecule has 1 heterocycles. The summed E-state index contributed by atoms with van der Waals surface area (Å²) in [5, 5.41) is 0. The summed E-state index contributed by atoms with van der Waals surface area (Å²) in [6.07, 6.45) is 0. The fourth-order valence-electron chi connectivity index (χ4n) is 1.26. The zero-order valence-electron chi connectivity index (χ0n) is 9.61. The van der Waals surface area contributed by atoms with Crippen molar-refractivity contribution in [3.63, 3.8) is 0 Å². The number of likely N-dealkylation sites (N-methyl/N-ethyl adjacent to an activating group) is 1. The van der Waals surface area contributed by atoms with Gasteiger partial charge < -0.3 is 9.64 Å². The third-order valence-electron chi connectivity index (χ3n) is 2.32. The van der Waals surface area contributed by atoms with Crippen LogP contribution in [0.15, 0.2) is 22.8 Å². The van der Waals surface area contributed by atoms with Gasteiger partial charge in [0.05, 0.1) is 12.6 Å². The quantitative estimate of drug-likeness (QED) is 0.795. The summed E-state index contributed by atoms with van der Waals surface area (Å²) < 4.78 is 5.67. The first-order valence-corrected chi connectivity index (χ1v) is 5.74. The minimum atomic E-state index is -0.106. The average Bonchev–Trinajstić information content (AvgIpc) is 2.27. The molecular weight excluding hydrogens is 272 g/mol. The topological polar surface area (TPSA) is 42.4 Å². The lowest BCUT2D eigenvalue weighted by Crippen LogP contribution is -2.38. The summed E-state index contributed by atoms with van der Waals surface area (Å²) in [6, 6.07) is 5.30. The van der Waals surface area contributed by atoms with Crippen molar-refractivity contribution in [1.82, 2.24) is 9.88 Å². The van der Waals surface area contributed by atoms with Gasteiger partial charge in [0.2, 0.25) is 0 Å². The van der Waals surface area contributed by atoms with Crippen LogP contribution in [0.25, 0.3) is 0 Å². The van der Waals surface area contributed by atoms with Crippen molar-refractivity contribution in [3.05, 3.63) is 28.5 Å². The zero-order chi connectivity index (χ0) is 12.1. The largest absolute Gasteiger partial charge is 0.383 e. The van der Waals surface area contributed by atoms with Gasteiger partial charge in [-0.25, -0.2) is 4.98 Å². The molecule has 0 N–H and O–H groups in total. The third kappa shape index (κ3) is 3.28. The highest BCUT2D eigenvalue weighted by Gasteiger charge is 2.18. The summed E-state index contributed by atoms with van der Waals surface area (Å²) in [4.78, 5) is 17.7. The van der Waals surface area contributed by atoms with Crippen LogP contribution in [-0.4, -0.2) is 42.6 Å². The molecule has 16 heavy (non-hydrogen) atoms. The van der Waals surface area contributed by atoms with Gasteiger partial charge in [0.1, 0.15) is 10.3 Å². The molecule has 0 aliphatic rings. The highest BCUT2D eigenvalue weighted by Crippen LogP contribution is 2.09. The number of carbonyl (C=O) groups excluding carboxylic acids is 1. The predicted molar refractivity (Wildman–Crippen MR) is 65.4 cm³/mol. The SMILES string of the molecule is COCC(C)N(C)C(=O)c1cccc(Br)n1. The first-order valence-electron chi connectivity index (χ1n) is 4.95. The number of nitrogens with zero attached hydrogens (tertiary/aromatic N) is 2. The maximum atomic E-state index is 12.0. The minimum Gasteiger partial charge on any atom is -0.383 e. The molecule has 0 saturated carbocycles. The van der Waals surface area contributed by atoms with Crippen LogP contribution < -0.4 is 0 Å². The van der Waals surface area contributed by atoms with Crippen molar-refractivity contribution >= 4 is 21.8 Å². The number of pyridine rings is 1. The van der Waals surface area contributed by atoms with Crippen molar-refractivity contribution in [1.29, 1.82) is 0 Å². The molecule has 0 aromatic carbocycles. The normalized spacial score (nSPS) is 12.2. The van der Waals surface area contributed by atoms with E-state index in [1.807, 2.05) is 6.92 Å². The fraction of sp³-hybridized carbons (Fsp3) is 0.455. The molecule has 0 saturated heterocycles. The monoisotopic (exact) mass is 286 g/mol. The predicted octanol–water partition coefficient (Wildman–Crippen LogP) is 1.95. The Balaban J connectivity index is 2.77. The highest BCUT2D eigenvalue weighted by atomic mass is 79.9. The Hall–Kier alpha value is -0.940. The van der Waals surface area contributed by atoms with Crippen molar-refractivity contribution in [2.24, 2.45) is 0 Å². The number of aromatic nitrogens is 1. The Kier molecular flexibility index (Phi) is 4.89. The molecule has 5 heteroatoms. The molecule has 1 amide bonds. The van der Waals surface area contributed by atoms with Crippen LogP contribution in [-0.2, 0) is 4.74 Å². The number of rotatable bonds is 4. The number of amides is 1. The smallest absolute Gasteiger partial charge is 0.272 e. The van der Waals surface area contributed by atoms with E-state index in [0.29, 0.717) is 16.9 Å². The fourth-order valence-corrected chi connectivity index (χ4v) is 1.60. The van der Waals surface area contributed by atoms with Gasteiger partial charge in [0, 0.05) is 14.2 Å². The molecular formula is C11H15BrN2O2. The number of carbonyl (C=O) groups is 1. The van der Waals surface area contributed by atoms with Crippen LogP contribution >= 0.6 is 15.9 Å². The molecule has 0 fully saturated rings. The van der Waals surface area contributed by atoms with E-state index in [1.165, 1.54) is 0 Å². The van der Waals surface area contributed by atoms with E-state index < -0.39 is 0 Å². The first kappa shape index (κ1) is 13.1. The third-order valence-corrected chi connectivity index (χ3v) is 2.77. The van der Waals surface area contributed by atoms with Gasteiger partial charge in [-0.1, -0.05) is 6.07 Å². The van der Waals surface area contributed by atoms with E-state index in [1.54, 1.807) is 37.3 Å². The molecule has 4 nitrogen and oxygen atoms in total. The molecule has 0 bridgehead atoms. The lowest BCUT2D eigenvalue weighted by molar-refractivity contribution is 0.0628. The molecule has 1 atom stereocenters. The minimum absolute atomic E-state index is 0.0262. The van der Waals surface area contributed by atoms with Crippen molar-refractivity contribution < 1.29 is 9.53 Å². The molecule has 0 aliphatic heterocycles. The number of hydrogen-bond donors (Lipinski definition) is 0. The second kappa shape index (κ2) is 5.96. The van der Waals surface area contributed by atoms with E-state index in [4.69, 9.17) is 4.74 Å². The Morgan fingerprint density at radius 1 is 1.62 bits per heavy atom. The molecule has 1 unspecified atom stereocenters. The highest BCUT2D eigenvalue weighted by molar-refractivity contribution is 9.10. The molecule has 1 rings (SSSR count). The van der Waals surface area contributed by atoms with Crippen LogP contribution in [0.3, 0.4) is 0 Å². The van der Waals surface area contributed by atoms with Gasteiger partial charge in [0.15, 0.2) is 0 Å². The number of ether oxygens (including phenoxy) is 1. The molecule has 88 valence electrons. The van der Waals surface area contributed by atoms with Crippen molar-refractivity contribution in [2.75, 3.05) is 20.8 Å². The second-order valence-electron chi connectivity index (χ2n) is 3.57. The van der Waals surface area contributed by atoms with Crippen LogP contribution in [0.1, 0.15) is 17.4 Å². The van der Waals surface area contributed by atoms with Crippen LogP contribution in [0.5, 0.6) is 0 Å². The van der Waals surface area contributed by atoms with Crippen LogP contribution in [0.4, 0.5) is 0 Å². The summed E-state index contributed by atoms with van der Waals surface area (Å²) in [5.41, 5.74) is 0.430. The average molecular weight is 287 g/mol. The summed E-state index contributed by atoms with van der Waals surface area (Å²) in [7, 11) is 3.36. The van der Waals surface area contributed by atoms with Gasteiger partial charge in [-0.05, 0) is 35.0 Å². The number of hydrogen-bond acceptors (Lipinski definition) is 3. The summed E-state index contributed by atoms with van der Waals surface area (Å²) >= 11 is 3.24. The lowest BCUT2D eigenvalue weighted by Gasteiger charge is -2.23. The molecule has 0 radical (unpaired) electrons. The first-order chi connectivity index (χ1) is 7.56. The van der Waals surface area contributed by atoms with Gasteiger partial charge in [-0.2, -0.15) is 0 Å². The summed E-state index contributed by atoms with van der Waals surface area (Å²) in [5.74, 6) is -0.106. The van der Waals surface area contributed by atoms with Gasteiger partial charge in [0.25, 0.3) is 5.91 Å². The van der Waals surface area contributed by atoms with E-state index in [-0.39, 0.29) is 11.9 Å².